The SMILES string of the molecule is Cc1cc(Br)ccc1OCC(=O)N1CCN(CC2CC3C=CC2C3)CC1. The molecule has 26 heavy (non-hydrogen) atoms. The molecule has 0 N–H and O–H groups in total. The Morgan fingerprint density at radius 3 is 2.65 bits per heavy atom. The highest BCUT2D eigenvalue weighted by Crippen LogP contribution is 2.43. The Morgan fingerprint density at radius 2 is 2.00 bits per heavy atom. The van der Waals surface area contributed by atoms with E-state index in [9.17, 15) is 4.79 Å². The van der Waals surface area contributed by atoms with E-state index < -0.39 is 0 Å². The van der Waals surface area contributed by atoms with Crippen molar-refractivity contribution in [1.29, 1.82) is 0 Å². The lowest BCUT2D eigenvalue weighted by Crippen LogP contribution is -2.51. The molecule has 0 aromatic heterocycles. The van der Waals surface area contributed by atoms with Crippen molar-refractivity contribution < 1.29 is 9.53 Å². The van der Waals surface area contributed by atoms with E-state index >= 15 is 0 Å². The molecule has 1 aromatic carbocycles. The van der Waals surface area contributed by atoms with Crippen molar-refractivity contribution in [3.63, 3.8) is 0 Å². The monoisotopic (exact) mass is 418 g/mol. The van der Waals surface area contributed by atoms with E-state index in [4.69, 9.17) is 4.74 Å². The summed E-state index contributed by atoms with van der Waals surface area (Å²) in [6.07, 6.45) is 7.57. The fourth-order valence-corrected chi connectivity index (χ4v) is 5.10. The molecule has 0 radical (unpaired) electrons. The lowest BCUT2D eigenvalue weighted by molar-refractivity contribution is -0.135. The van der Waals surface area contributed by atoms with Crippen LogP contribution in [-0.2, 0) is 4.79 Å². The van der Waals surface area contributed by atoms with Gasteiger partial charge in [0.25, 0.3) is 5.91 Å². The molecule has 2 bridgehead atoms. The van der Waals surface area contributed by atoms with E-state index in [2.05, 4.69) is 33.0 Å². The predicted octanol–water partition coefficient (Wildman–Crippen LogP) is 3.49. The van der Waals surface area contributed by atoms with Crippen LogP contribution in [0.25, 0.3) is 0 Å². The minimum absolute atomic E-state index is 0.0924. The van der Waals surface area contributed by atoms with Crippen LogP contribution >= 0.6 is 15.9 Å². The molecule has 3 aliphatic rings. The molecule has 3 unspecified atom stereocenters. The maximum Gasteiger partial charge on any atom is 0.260 e. The molecule has 0 spiro atoms. The Hall–Kier alpha value is -1.33. The molecule has 5 heteroatoms. The van der Waals surface area contributed by atoms with Gasteiger partial charge in [-0.3, -0.25) is 9.69 Å². The van der Waals surface area contributed by atoms with E-state index in [-0.39, 0.29) is 12.5 Å². The number of hydrogen-bond donors (Lipinski definition) is 0. The molecule has 4 rings (SSSR count). The van der Waals surface area contributed by atoms with Crippen molar-refractivity contribution >= 4 is 21.8 Å². The molecule has 1 saturated carbocycles. The number of rotatable bonds is 5. The van der Waals surface area contributed by atoms with Crippen molar-refractivity contribution in [1.82, 2.24) is 9.80 Å². The first kappa shape index (κ1) is 18.1. The van der Waals surface area contributed by atoms with Gasteiger partial charge in [-0.05, 0) is 61.3 Å². The van der Waals surface area contributed by atoms with Crippen molar-refractivity contribution in [3.05, 3.63) is 40.4 Å². The molecular formula is C21H27BrN2O2. The number of amides is 1. The fraction of sp³-hybridized carbons (Fsp3) is 0.571. The lowest BCUT2D eigenvalue weighted by Gasteiger charge is -2.36. The topological polar surface area (TPSA) is 32.8 Å². The number of aryl methyl sites for hydroxylation is 1. The molecule has 1 aliphatic heterocycles. The fourth-order valence-electron chi connectivity index (χ4n) is 4.62. The van der Waals surface area contributed by atoms with E-state index in [0.29, 0.717) is 0 Å². The first-order valence-electron chi connectivity index (χ1n) is 9.66. The van der Waals surface area contributed by atoms with Gasteiger partial charge in [0.1, 0.15) is 5.75 Å². The van der Waals surface area contributed by atoms with Gasteiger partial charge >= 0.3 is 0 Å². The van der Waals surface area contributed by atoms with Crippen molar-refractivity contribution in [2.75, 3.05) is 39.3 Å². The summed E-state index contributed by atoms with van der Waals surface area (Å²) in [7, 11) is 0. The molecule has 140 valence electrons. The molecule has 2 aliphatic carbocycles. The maximum atomic E-state index is 12.5. The third-order valence-electron chi connectivity index (χ3n) is 6.12. The lowest BCUT2D eigenvalue weighted by atomic mass is 9.93. The zero-order chi connectivity index (χ0) is 18.1. The number of allylic oxidation sites excluding steroid dienone is 2. The number of carbonyl (C=O) groups excluding carboxylic acids is 1. The number of benzene rings is 1. The van der Waals surface area contributed by atoms with Crippen LogP contribution in [0.1, 0.15) is 18.4 Å². The number of piperazine rings is 1. The standard InChI is InChI=1S/C21H27BrN2O2/c1-15-10-19(22)4-5-20(15)26-14-21(25)24-8-6-23(7-9-24)13-18-12-16-2-3-17(18)11-16/h2-5,10,16-18H,6-9,11-14H2,1H3. The highest BCUT2D eigenvalue weighted by molar-refractivity contribution is 9.10. The van der Waals surface area contributed by atoms with Gasteiger partial charge in [-0.25, -0.2) is 0 Å². The van der Waals surface area contributed by atoms with Gasteiger partial charge in [0, 0.05) is 37.2 Å². The Bertz CT molecular complexity index is 697. The molecule has 1 heterocycles. The summed E-state index contributed by atoms with van der Waals surface area (Å²) in [5, 5.41) is 0. The largest absolute Gasteiger partial charge is 0.483 e. The minimum atomic E-state index is 0.0924. The smallest absolute Gasteiger partial charge is 0.260 e. The third-order valence-corrected chi connectivity index (χ3v) is 6.62. The maximum absolute atomic E-state index is 12.5. The third kappa shape index (κ3) is 3.99. The summed E-state index contributed by atoms with van der Waals surface area (Å²) >= 11 is 3.45. The summed E-state index contributed by atoms with van der Waals surface area (Å²) in [6, 6.07) is 5.86. The molecule has 1 aromatic rings. The van der Waals surface area contributed by atoms with Gasteiger partial charge in [0.15, 0.2) is 6.61 Å². The van der Waals surface area contributed by atoms with Crippen LogP contribution in [0.4, 0.5) is 0 Å². The average Bonchev–Trinajstić information content (AvgIpc) is 3.24. The number of carbonyl (C=O) groups is 1. The Balaban J connectivity index is 1.21. The average molecular weight is 419 g/mol. The second kappa shape index (κ2) is 7.73. The van der Waals surface area contributed by atoms with Crippen LogP contribution in [0, 0.1) is 24.7 Å². The second-order valence-electron chi connectivity index (χ2n) is 7.92. The van der Waals surface area contributed by atoms with Crippen molar-refractivity contribution in [2.24, 2.45) is 17.8 Å². The van der Waals surface area contributed by atoms with Crippen LogP contribution in [0.5, 0.6) is 5.75 Å². The van der Waals surface area contributed by atoms with E-state index in [0.717, 1.165) is 59.7 Å². The summed E-state index contributed by atoms with van der Waals surface area (Å²) in [5.74, 6) is 3.35. The van der Waals surface area contributed by atoms with Gasteiger partial charge in [0.05, 0.1) is 0 Å². The van der Waals surface area contributed by atoms with Crippen LogP contribution in [0.15, 0.2) is 34.8 Å². The first-order valence-corrected chi connectivity index (χ1v) is 10.4. The molecule has 4 nitrogen and oxygen atoms in total. The summed E-state index contributed by atoms with van der Waals surface area (Å²) in [6.45, 7) is 6.92. The molecular weight excluding hydrogens is 392 g/mol. The Labute approximate surface area is 164 Å². The van der Waals surface area contributed by atoms with Crippen LogP contribution in [0.2, 0.25) is 0 Å². The van der Waals surface area contributed by atoms with Gasteiger partial charge in [-0.2, -0.15) is 0 Å². The predicted molar refractivity (Wildman–Crippen MR) is 106 cm³/mol. The summed E-state index contributed by atoms with van der Waals surface area (Å²) in [4.78, 5) is 17.0. The normalized spacial score (nSPS) is 27.9. The van der Waals surface area contributed by atoms with Crippen LogP contribution in [-0.4, -0.2) is 55.0 Å². The van der Waals surface area contributed by atoms with E-state index in [1.54, 1.807) is 0 Å². The first-order chi connectivity index (χ1) is 12.6. The molecule has 1 amide bonds. The minimum Gasteiger partial charge on any atom is -0.483 e. The van der Waals surface area contributed by atoms with Gasteiger partial charge in [-0.15, -0.1) is 0 Å². The molecule has 2 fully saturated rings. The van der Waals surface area contributed by atoms with E-state index in [1.165, 1.54) is 19.4 Å². The molecule has 3 atom stereocenters. The quantitative estimate of drug-likeness (QED) is 0.685. The Morgan fingerprint density at radius 1 is 1.19 bits per heavy atom. The zero-order valence-corrected chi connectivity index (χ0v) is 17.0. The van der Waals surface area contributed by atoms with Gasteiger partial charge in [0.2, 0.25) is 0 Å². The van der Waals surface area contributed by atoms with Crippen molar-refractivity contribution in [3.8, 4) is 5.75 Å². The van der Waals surface area contributed by atoms with Gasteiger partial charge < -0.3 is 9.64 Å². The number of ether oxygens (including phenoxy) is 1. The number of fused-ring (bicyclic) bond motifs is 2. The Kier molecular flexibility index (Phi) is 5.37. The second-order valence-corrected chi connectivity index (χ2v) is 8.84. The highest BCUT2D eigenvalue weighted by Gasteiger charge is 2.36. The van der Waals surface area contributed by atoms with Crippen molar-refractivity contribution in [2.45, 2.75) is 19.8 Å². The zero-order valence-electron chi connectivity index (χ0n) is 15.4. The summed E-state index contributed by atoms with van der Waals surface area (Å²) in [5.41, 5.74) is 1.04. The number of halogens is 1. The number of nitrogens with zero attached hydrogens (tertiary/aromatic N) is 2. The van der Waals surface area contributed by atoms with Gasteiger partial charge in [-0.1, -0.05) is 28.1 Å². The van der Waals surface area contributed by atoms with Crippen LogP contribution < -0.4 is 4.74 Å². The van der Waals surface area contributed by atoms with Crippen LogP contribution in [0.3, 0.4) is 0 Å². The number of hydrogen-bond acceptors (Lipinski definition) is 3. The highest BCUT2D eigenvalue weighted by atomic mass is 79.9. The summed E-state index contributed by atoms with van der Waals surface area (Å²) < 4.78 is 6.77. The van der Waals surface area contributed by atoms with E-state index in [1.807, 2.05) is 30.0 Å². The molecule has 1 saturated heterocycles.